The van der Waals surface area contributed by atoms with Crippen molar-refractivity contribution in [3.05, 3.63) is 18.6 Å². The molecule has 4 heterocycles. The predicted molar refractivity (Wildman–Crippen MR) is 110 cm³/mol. The Morgan fingerprint density at radius 2 is 2.17 bits per heavy atom. The molecule has 1 aliphatic heterocycles. The van der Waals surface area contributed by atoms with Crippen LogP contribution < -0.4 is 10.1 Å². The van der Waals surface area contributed by atoms with Gasteiger partial charge in [-0.25, -0.2) is 13.4 Å². The second kappa shape index (κ2) is 7.84. The number of fused-ring (bicyclic) bond motifs is 1. The minimum atomic E-state index is -2.39. The molecule has 5 rings (SSSR count). The van der Waals surface area contributed by atoms with Gasteiger partial charge in [-0.15, -0.1) is 5.10 Å². The molecule has 3 aromatic heterocycles. The van der Waals surface area contributed by atoms with Crippen LogP contribution >= 0.6 is 0 Å². The number of H-pyrrole nitrogens is 1. The first-order valence-corrected chi connectivity index (χ1v) is 11.5. The van der Waals surface area contributed by atoms with Crippen LogP contribution in [0.1, 0.15) is 26.2 Å². The zero-order chi connectivity index (χ0) is 20.7. The van der Waals surface area contributed by atoms with Crippen LogP contribution in [0.25, 0.3) is 16.9 Å². The summed E-state index contributed by atoms with van der Waals surface area (Å²) in [5, 5.41) is 14.9. The number of aromatic amines is 1. The van der Waals surface area contributed by atoms with Crippen molar-refractivity contribution in [2.75, 3.05) is 24.3 Å². The molecule has 2 aliphatic rings. The van der Waals surface area contributed by atoms with E-state index >= 15 is 0 Å². The Labute approximate surface area is 174 Å². The zero-order valence-electron chi connectivity index (χ0n) is 16.6. The maximum atomic E-state index is 11.0. The van der Waals surface area contributed by atoms with Gasteiger partial charge in [-0.3, -0.25) is 10.00 Å². The average molecular weight is 433 g/mol. The lowest BCUT2D eigenvalue weighted by atomic mass is 9.94. The lowest BCUT2D eigenvalue weighted by Gasteiger charge is -2.35. The van der Waals surface area contributed by atoms with Gasteiger partial charge in [0, 0.05) is 30.9 Å². The van der Waals surface area contributed by atoms with Gasteiger partial charge in [0.15, 0.2) is 16.4 Å². The van der Waals surface area contributed by atoms with E-state index in [0.29, 0.717) is 23.2 Å². The highest BCUT2D eigenvalue weighted by atomic mass is 32.2. The molecule has 160 valence electrons. The molecule has 0 radical (unpaired) electrons. The van der Waals surface area contributed by atoms with Crippen LogP contribution in [0.15, 0.2) is 18.6 Å². The minimum absolute atomic E-state index is 0.114. The van der Waals surface area contributed by atoms with Crippen LogP contribution in [0.2, 0.25) is 0 Å². The number of hydrogen-bond acceptors (Lipinski definition) is 9. The van der Waals surface area contributed by atoms with Crippen LogP contribution in [0.3, 0.4) is 0 Å². The highest BCUT2D eigenvalue weighted by Crippen LogP contribution is 2.33. The van der Waals surface area contributed by atoms with Crippen LogP contribution in [0.4, 0.5) is 5.95 Å². The number of rotatable bonds is 7. The molecule has 12 heteroatoms. The Hall–Kier alpha value is -2.73. The number of hydrogen-bond donors (Lipinski definition) is 3. The fraction of sp³-hybridized carbons (Fsp3) is 0.556. The second-order valence-corrected chi connectivity index (χ2v) is 8.94. The molecule has 11 nitrogen and oxygen atoms in total. The Kier molecular flexibility index (Phi) is 5.03. The van der Waals surface area contributed by atoms with Crippen LogP contribution in [-0.2, 0) is 10.7 Å². The lowest BCUT2D eigenvalue weighted by molar-refractivity contribution is 0.196. The Bertz CT molecular complexity index is 1100. The molecule has 3 aromatic rings. The van der Waals surface area contributed by atoms with Gasteiger partial charge in [0.2, 0.25) is 11.8 Å². The predicted octanol–water partition coefficient (Wildman–Crippen LogP) is 0.747. The molecular formula is C18H24N8O3S. The topological polar surface area (TPSA) is 130 Å². The van der Waals surface area contributed by atoms with Crippen molar-refractivity contribution >= 4 is 22.3 Å². The van der Waals surface area contributed by atoms with E-state index in [4.69, 9.17) is 4.74 Å². The number of ether oxygens (including phenoxy) is 1. The van der Waals surface area contributed by atoms with Crippen molar-refractivity contribution in [3.63, 3.8) is 0 Å². The molecule has 0 spiro atoms. The van der Waals surface area contributed by atoms with Gasteiger partial charge in [-0.05, 0) is 25.2 Å². The molecule has 0 bridgehead atoms. The minimum Gasteiger partial charge on any atom is -0.473 e. The van der Waals surface area contributed by atoms with Crippen molar-refractivity contribution in [1.29, 1.82) is 0 Å². The number of thiol groups is 1. The number of aromatic nitrogens is 6. The fourth-order valence-electron chi connectivity index (χ4n) is 3.83. The van der Waals surface area contributed by atoms with Crippen molar-refractivity contribution in [3.8, 4) is 17.1 Å². The molecule has 0 amide bonds. The van der Waals surface area contributed by atoms with E-state index in [2.05, 4.69) is 37.5 Å². The summed E-state index contributed by atoms with van der Waals surface area (Å²) in [5.74, 6) is 1.46. The van der Waals surface area contributed by atoms with Gasteiger partial charge >= 0.3 is 0 Å². The third kappa shape index (κ3) is 3.97. The number of nitrogens with zero attached hydrogens (tertiary/aromatic N) is 6. The quantitative estimate of drug-likeness (QED) is 0.463. The summed E-state index contributed by atoms with van der Waals surface area (Å²) < 4.78 is 29.8. The summed E-state index contributed by atoms with van der Waals surface area (Å²) in [7, 11) is -2.39. The molecule has 1 saturated carbocycles. The number of piperidine rings is 1. The fourth-order valence-corrected chi connectivity index (χ4v) is 4.41. The molecule has 2 fully saturated rings. The van der Waals surface area contributed by atoms with E-state index in [-0.39, 0.29) is 23.9 Å². The molecule has 0 unspecified atom stereocenters. The second-order valence-electron chi connectivity index (χ2n) is 7.99. The normalized spacial score (nSPS) is 22.6. The van der Waals surface area contributed by atoms with Gasteiger partial charge in [0.05, 0.1) is 18.3 Å². The van der Waals surface area contributed by atoms with E-state index in [9.17, 15) is 8.42 Å². The monoisotopic (exact) mass is 432 g/mol. The van der Waals surface area contributed by atoms with Crippen molar-refractivity contribution in [2.24, 2.45) is 5.92 Å². The van der Waals surface area contributed by atoms with Gasteiger partial charge in [0.1, 0.15) is 11.8 Å². The first-order chi connectivity index (χ1) is 14.6. The Morgan fingerprint density at radius 1 is 1.30 bits per heavy atom. The summed E-state index contributed by atoms with van der Waals surface area (Å²) in [6, 6.07) is 0.164. The Morgan fingerprint density at radius 3 is 2.87 bits per heavy atom. The average Bonchev–Trinajstić information content (AvgIpc) is 3.19. The summed E-state index contributed by atoms with van der Waals surface area (Å²) in [6.07, 6.45) is 8.20. The van der Waals surface area contributed by atoms with E-state index in [1.165, 1.54) is 0 Å². The smallest absolute Gasteiger partial charge is 0.244 e. The maximum absolute atomic E-state index is 11.0. The summed E-state index contributed by atoms with van der Waals surface area (Å²) >= 11 is 0. The lowest BCUT2D eigenvalue weighted by Crippen LogP contribution is -2.45. The van der Waals surface area contributed by atoms with Gasteiger partial charge in [0.25, 0.3) is 0 Å². The largest absolute Gasteiger partial charge is 0.473 e. The molecular weight excluding hydrogens is 408 g/mol. The molecule has 1 saturated heterocycles. The number of anilines is 1. The summed E-state index contributed by atoms with van der Waals surface area (Å²) in [5.41, 5.74) is 2.11. The van der Waals surface area contributed by atoms with Crippen LogP contribution in [-0.4, -0.2) is 74.2 Å². The van der Waals surface area contributed by atoms with Crippen molar-refractivity contribution < 1.29 is 13.2 Å². The first-order valence-electron chi connectivity index (χ1n) is 10.1. The molecule has 2 N–H and O–H groups in total. The van der Waals surface area contributed by atoms with E-state index < -0.39 is 10.7 Å². The SMILES string of the molecule is C[C@@H]1CN(C[SH](=O)=O)CC[C@@H]1Nc1nc2cnc(-c3cn[nH]c3)c(OC3CC3)n2n1. The first kappa shape index (κ1) is 19.2. The van der Waals surface area contributed by atoms with E-state index in [0.717, 1.165) is 37.9 Å². The molecule has 2 atom stereocenters. The molecule has 30 heavy (non-hydrogen) atoms. The third-order valence-electron chi connectivity index (χ3n) is 5.53. The number of nitrogens with one attached hydrogen (secondary N) is 2. The van der Waals surface area contributed by atoms with E-state index in [1.807, 2.05) is 4.90 Å². The maximum Gasteiger partial charge on any atom is 0.244 e. The van der Waals surface area contributed by atoms with Gasteiger partial charge in [-0.1, -0.05) is 6.92 Å². The highest BCUT2D eigenvalue weighted by Gasteiger charge is 2.29. The summed E-state index contributed by atoms with van der Waals surface area (Å²) in [6.45, 7) is 3.55. The molecule has 1 aliphatic carbocycles. The van der Waals surface area contributed by atoms with Gasteiger partial charge < -0.3 is 10.1 Å². The van der Waals surface area contributed by atoms with Crippen LogP contribution in [0, 0.1) is 5.92 Å². The third-order valence-corrected chi connectivity index (χ3v) is 6.16. The highest BCUT2D eigenvalue weighted by molar-refractivity contribution is 7.72. The van der Waals surface area contributed by atoms with Gasteiger partial charge in [-0.2, -0.15) is 14.6 Å². The Balaban J connectivity index is 1.40. The van der Waals surface area contributed by atoms with Crippen LogP contribution in [0.5, 0.6) is 5.88 Å². The zero-order valence-corrected chi connectivity index (χ0v) is 17.5. The van der Waals surface area contributed by atoms with Crippen molar-refractivity contribution in [2.45, 2.75) is 38.3 Å². The summed E-state index contributed by atoms with van der Waals surface area (Å²) in [4.78, 5) is 11.1. The van der Waals surface area contributed by atoms with Crippen molar-refractivity contribution in [1.82, 2.24) is 34.7 Å². The standard InChI is InChI=1S/C18H24N8O3S/c1-11-9-25(10-30(27)28)5-4-14(11)22-18-23-15-8-19-16(12-6-20-21-7-12)17(26(15)24-18)29-13-2-3-13/h6-8,11,13-14,30H,2-5,9-10H2,1H3,(H,20,21)(H,22,24)/t11-,14+/m1/s1. The number of likely N-dealkylation sites (tertiary alicyclic amines) is 1. The molecule has 0 aromatic carbocycles. The van der Waals surface area contributed by atoms with E-state index in [1.54, 1.807) is 23.1 Å².